The maximum atomic E-state index is 11.1. The number of hydrogen-bond donors (Lipinski definition) is 1. The van der Waals surface area contributed by atoms with E-state index in [0.29, 0.717) is 12.6 Å². The summed E-state index contributed by atoms with van der Waals surface area (Å²) in [6.45, 7) is 6.39. The second-order valence-corrected chi connectivity index (χ2v) is 7.15. The predicted molar refractivity (Wildman–Crippen MR) is 93.2 cm³/mol. The molecule has 3 heterocycles. The zero-order chi connectivity index (χ0) is 16.2. The number of aromatic nitrogens is 1. The Bertz CT molecular complexity index is 682. The highest BCUT2D eigenvalue weighted by Crippen LogP contribution is 2.34. The Morgan fingerprint density at radius 1 is 1.48 bits per heavy atom. The van der Waals surface area contributed by atoms with E-state index < -0.39 is 0 Å². The zero-order valence-electron chi connectivity index (χ0n) is 13.7. The number of carbonyl (C=O) groups is 1. The Hall–Kier alpha value is -1.72. The van der Waals surface area contributed by atoms with Crippen molar-refractivity contribution in [1.82, 2.24) is 15.2 Å². The highest BCUT2D eigenvalue weighted by Gasteiger charge is 2.26. The summed E-state index contributed by atoms with van der Waals surface area (Å²) in [4.78, 5) is 19.5. The molecule has 122 valence electrons. The van der Waals surface area contributed by atoms with Gasteiger partial charge in [-0.2, -0.15) is 0 Å². The van der Waals surface area contributed by atoms with Gasteiger partial charge in [0.05, 0.1) is 12.2 Å². The van der Waals surface area contributed by atoms with Gasteiger partial charge >= 0.3 is 0 Å². The van der Waals surface area contributed by atoms with Crippen LogP contribution in [0.5, 0.6) is 0 Å². The van der Waals surface area contributed by atoms with Gasteiger partial charge in [-0.25, -0.2) is 0 Å². The molecule has 0 unspecified atom stereocenters. The molecule has 0 aliphatic carbocycles. The number of hydrogen-bond acceptors (Lipinski definition) is 4. The van der Waals surface area contributed by atoms with Gasteiger partial charge in [0.15, 0.2) is 0 Å². The van der Waals surface area contributed by atoms with Crippen LogP contribution in [-0.4, -0.2) is 22.3 Å². The molecule has 5 heteroatoms. The molecule has 3 rings (SSSR count). The van der Waals surface area contributed by atoms with Crippen molar-refractivity contribution in [2.45, 2.75) is 45.8 Å². The first-order valence-electron chi connectivity index (χ1n) is 8.10. The van der Waals surface area contributed by atoms with Crippen LogP contribution in [0.1, 0.15) is 47.5 Å². The summed E-state index contributed by atoms with van der Waals surface area (Å²) in [5, 5.41) is 5.00. The quantitative estimate of drug-likeness (QED) is 0.914. The summed E-state index contributed by atoms with van der Waals surface area (Å²) in [6.07, 6.45) is 4.28. The fraction of sp³-hybridized carbons (Fsp3) is 0.444. The summed E-state index contributed by atoms with van der Waals surface area (Å²) in [7, 11) is 0. The van der Waals surface area contributed by atoms with Crippen molar-refractivity contribution < 1.29 is 4.79 Å². The summed E-state index contributed by atoms with van der Waals surface area (Å²) in [5.41, 5.74) is 3.63. The molecule has 1 aliphatic heterocycles. The van der Waals surface area contributed by atoms with E-state index in [0.717, 1.165) is 18.8 Å². The normalized spacial score (nSPS) is 18.3. The molecule has 1 amide bonds. The van der Waals surface area contributed by atoms with Crippen LogP contribution in [0.3, 0.4) is 0 Å². The number of rotatable bonds is 5. The Morgan fingerprint density at radius 3 is 3.09 bits per heavy atom. The Morgan fingerprint density at radius 2 is 2.35 bits per heavy atom. The van der Waals surface area contributed by atoms with E-state index in [1.807, 2.05) is 17.5 Å². The number of nitrogens with zero attached hydrogens (tertiary/aromatic N) is 2. The third-order valence-corrected chi connectivity index (χ3v) is 5.43. The second-order valence-electron chi connectivity index (χ2n) is 6.15. The SMILES string of the molecule is CC(=O)NCc1cc([C@H]2CCCN2Cc2sccc2C)ccn1. The van der Waals surface area contributed by atoms with Gasteiger partial charge in [-0.15, -0.1) is 11.3 Å². The molecular formula is C18H23N3OS. The van der Waals surface area contributed by atoms with Crippen molar-refractivity contribution in [3.05, 3.63) is 51.5 Å². The standard InChI is InChI=1S/C18H23N3OS/c1-13-6-9-23-18(13)12-21-8-3-4-17(21)15-5-7-19-16(10-15)11-20-14(2)22/h5-7,9-10,17H,3-4,8,11-12H2,1-2H3,(H,20,22)/t17-/m1/s1. The van der Waals surface area contributed by atoms with E-state index in [4.69, 9.17) is 0 Å². The molecule has 4 nitrogen and oxygen atoms in total. The molecule has 0 saturated carbocycles. The average molecular weight is 329 g/mol. The van der Waals surface area contributed by atoms with E-state index >= 15 is 0 Å². The lowest BCUT2D eigenvalue weighted by atomic mass is 10.0. The minimum Gasteiger partial charge on any atom is -0.351 e. The van der Waals surface area contributed by atoms with Crippen LogP contribution >= 0.6 is 11.3 Å². The highest BCUT2D eigenvalue weighted by atomic mass is 32.1. The molecule has 0 radical (unpaired) electrons. The molecule has 1 atom stereocenters. The predicted octanol–water partition coefficient (Wildman–Crippen LogP) is 3.42. The Labute approximate surface area is 141 Å². The van der Waals surface area contributed by atoms with Crippen molar-refractivity contribution in [2.75, 3.05) is 6.54 Å². The van der Waals surface area contributed by atoms with Gasteiger partial charge in [-0.1, -0.05) is 0 Å². The maximum absolute atomic E-state index is 11.1. The number of nitrogens with one attached hydrogen (secondary N) is 1. The van der Waals surface area contributed by atoms with Crippen LogP contribution < -0.4 is 5.32 Å². The van der Waals surface area contributed by atoms with Crippen LogP contribution in [0.4, 0.5) is 0 Å². The Kier molecular flexibility index (Phi) is 5.08. The summed E-state index contributed by atoms with van der Waals surface area (Å²) in [5.74, 6) is -0.0205. The molecule has 1 fully saturated rings. The zero-order valence-corrected chi connectivity index (χ0v) is 14.5. The molecule has 0 bridgehead atoms. The third-order valence-electron chi connectivity index (χ3n) is 4.42. The molecule has 0 aromatic carbocycles. The molecule has 1 aliphatic rings. The number of amides is 1. The van der Waals surface area contributed by atoms with Gasteiger partial charge in [0.25, 0.3) is 0 Å². The van der Waals surface area contributed by atoms with E-state index in [2.05, 4.69) is 45.7 Å². The number of likely N-dealkylation sites (tertiary alicyclic amines) is 1. The maximum Gasteiger partial charge on any atom is 0.217 e. The molecule has 2 aromatic heterocycles. The van der Waals surface area contributed by atoms with Crippen molar-refractivity contribution in [2.24, 2.45) is 0 Å². The fourth-order valence-corrected chi connectivity index (χ4v) is 4.09. The lowest BCUT2D eigenvalue weighted by Gasteiger charge is -2.25. The molecule has 1 N–H and O–H groups in total. The van der Waals surface area contributed by atoms with E-state index in [1.54, 1.807) is 0 Å². The first kappa shape index (κ1) is 16.1. The molecular weight excluding hydrogens is 306 g/mol. The lowest BCUT2D eigenvalue weighted by Crippen LogP contribution is -2.23. The lowest BCUT2D eigenvalue weighted by molar-refractivity contribution is -0.119. The second kappa shape index (κ2) is 7.23. The Balaban J connectivity index is 1.73. The van der Waals surface area contributed by atoms with Gasteiger partial charge in [0.2, 0.25) is 5.91 Å². The van der Waals surface area contributed by atoms with E-state index in [1.165, 1.54) is 35.8 Å². The number of thiophene rings is 1. The van der Waals surface area contributed by atoms with Crippen LogP contribution in [0.15, 0.2) is 29.8 Å². The third kappa shape index (κ3) is 3.98. The van der Waals surface area contributed by atoms with E-state index in [9.17, 15) is 4.79 Å². The van der Waals surface area contributed by atoms with Gasteiger partial charge in [0.1, 0.15) is 0 Å². The minimum atomic E-state index is -0.0205. The van der Waals surface area contributed by atoms with Crippen molar-refractivity contribution in [3.8, 4) is 0 Å². The first-order valence-corrected chi connectivity index (χ1v) is 8.98. The average Bonchev–Trinajstić information content (AvgIpc) is 3.16. The number of pyridine rings is 1. The van der Waals surface area contributed by atoms with Crippen LogP contribution in [0.25, 0.3) is 0 Å². The largest absolute Gasteiger partial charge is 0.351 e. The van der Waals surface area contributed by atoms with Crippen LogP contribution in [-0.2, 0) is 17.9 Å². The van der Waals surface area contributed by atoms with E-state index in [-0.39, 0.29) is 5.91 Å². The fourth-order valence-electron chi connectivity index (χ4n) is 3.16. The smallest absolute Gasteiger partial charge is 0.217 e. The van der Waals surface area contributed by atoms with Crippen LogP contribution in [0, 0.1) is 6.92 Å². The first-order chi connectivity index (χ1) is 11.1. The molecule has 2 aromatic rings. The van der Waals surface area contributed by atoms with Crippen LogP contribution in [0.2, 0.25) is 0 Å². The van der Waals surface area contributed by atoms with Crippen molar-refractivity contribution >= 4 is 17.2 Å². The topological polar surface area (TPSA) is 45.2 Å². The summed E-state index contributed by atoms with van der Waals surface area (Å²) >= 11 is 1.85. The van der Waals surface area contributed by atoms with Gasteiger partial charge in [-0.05, 0) is 61.0 Å². The molecule has 0 spiro atoms. The van der Waals surface area contributed by atoms with Crippen molar-refractivity contribution in [3.63, 3.8) is 0 Å². The van der Waals surface area contributed by atoms with Gasteiger partial charge < -0.3 is 5.32 Å². The number of aryl methyl sites for hydroxylation is 1. The van der Waals surface area contributed by atoms with Gasteiger partial charge in [0, 0.05) is 30.6 Å². The summed E-state index contributed by atoms with van der Waals surface area (Å²) in [6, 6.07) is 6.90. The molecule has 23 heavy (non-hydrogen) atoms. The summed E-state index contributed by atoms with van der Waals surface area (Å²) < 4.78 is 0. The monoisotopic (exact) mass is 329 g/mol. The molecule has 1 saturated heterocycles. The minimum absolute atomic E-state index is 0.0205. The van der Waals surface area contributed by atoms with Gasteiger partial charge in [-0.3, -0.25) is 14.7 Å². The number of carbonyl (C=O) groups excluding carboxylic acids is 1. The highest BCUT2D eigenvalue weighted by molar-refractivity contribution is 7.10. The van der Waals surface area contributed by atoms with Crippen molar-refractivity contribution in [1.29, 1.82) is 0 Å².